The van der Waals surface area contributed by atoms with E-state index in [1.165, 1.54) is 30.2 Å². The fraction of sp³-hybridized carbons (Fsp3) is 0.375. The monoisotopic (exact) mass is 362 g/mol. The second kappa shape index (κ2) is 7.67. The Bertz CT molecular complexity index is 931. The quantitative estimate of drug-likeness (QED) is 0.521. The highest BCUT2D eigenvalue weighted by molar-refractivity contribution is 5.84. The fourth-order valence-corrected chi connectivity index (χ4v) is 4.49. The Morgan fingerprint density at radius 1 is 1.00 bits per heavy atom. The predicted molar refractivity (Wildman–Crippen MR) is 111 cm³/mol. The van der Waals surface area contributed by atoms with E-state index < -0.39 is 0 Å². The molecule has 0 spiro atoms. The largest absolute Gasteiger partial charge is 0.347 e. The van der Waals surface area contributed by atoms with Gasteiger partial charge in [0.1, 0.15) is 11.6 Å². The highest BCUT2D eigenvalue weighted by Crippen LogP contribution is 2.36. The predicted octanol–water partition coefficient (Wildman–Crippen LogP) is 6.58. The van der Waals surface area contributed by atoms with Crippen LogP contribution < -0.4 is 4.90 Å². The lowest BCUT2D eigenvalue weighted by molar-refractivity contribution is 0.389. The van der Waals surface area contributed by atoms with E-state index in [2.05, 4.69) is 43.0 Å². The SMILES string of the molecule is Cc1cc(N(C2CCCCC2)[C@@H](C)c2ccccc2F)nc2ccccc12. The number of hydrogen-bond acceptors (Lipinski definition) is 2. The maximum atomic E-state index is 14.6. The number of rotatable bonds is 4. The zero-order valence-electron chi connectivity index (χ0n) is 16.2. The van der Waals surface area contributed by atoms with E-state index >= 15 is 0 Å². The summed E-state index contributed by atoms with van der Waals surface area (Å²) in [4.78, 5) is 7.36. The van der Waals surface area contributed by atoms with Crippen molar-refractivity contribution in [3.63, 3.8) is 0 Å². The number of para-hydroxylation sites is 1. The van der Waals surface area contributed by atoms with Crippen molar-refractivity contribution in [3.8, 4) is 0 Å². The van der Waals surface area contributed by atoms with Crippen molar-refractivity contribution in [1.82, 2.24) is 4.98 Å². The molecule has 0 radical (unpaired) electrons. The maximum absolute atomic E-state index is 14.6. The Balaban J connectivity index is 1.82. The van der Waals surface area contributed by atoms with Crippen LogP contribution in [0.3, 0.4) is 0 Å². The average Bonchev–Trinajstić information content (AvgIpc) is 2.69. The molecular weight excluding hydrogens is 335 g/mol. The van der Waals surface area contributed by atoms with Crippen molar-refractivity contribution in [3.05, 3.63) is 71.5 Å². The van der Waals surface area contributed by atoms with Gasteiger partial charge in [0, 0.05) is 17.0 Å². The van der Waals surface area contributed by atoms with Crippen molar-refractivity contribution in [2.75, 3.05) is 4.90 Å². The molecule has 4 rings (SSSR count). The van der Waals surface area contributed by atoms with Gasteiger partial charge in [-0.3, -0.25) is 0 Å². The molecule has 0 saturated heterocycles. The van der Waals surface area contributed by atoms with Gasteiger partial charge in [0.15, 0.2) is 0 Å². The zero-order chi connectivity index (χ0) is 18.8. The van der Waals surface area contributed by atoms with E-state index in [1.807, 2.05) is 18.2 Å². The average molecular weight is 362 g/mol. The zero-order valence-corrected chi connectivity index (χ0v) is 16.2. The van der Waals surface area contributed by atoms with Crippen molar-refractivity contribution in [2.45, 2.75) is 58.0 Å². The molecular formula is C24H27FN2. The van der Waals surface area contributed by atoms with E-state index in [0.717, 1.165) is 29.7 Å². The summed E-state index contributed by atoms with van der Waals surface area (Å²) in [7, 11) is 0. The van der Waals surface area contributed by atoms with Gasteiger partial charge >= 0.3 is 0 Å². The van der Waals surface area contributed by atoms with Crippen LogP contribution in [0.4, 0.5) is 10.2 Å². The van der Waals surface area contributed by atoms with Gasteiger partial charge in [-0.15, -0.1) is 0 Å². The molecule has 0 aliphatic heterocycles. The maximum Gasteiger partial charge on any atom is 0.130 e. The first kappa shape index (κ1) is 18.0. The molecule has 1 fully saturated rings. The van der Waals surface area contributed by atoms with Gasteiger partial charge in [-0.2, -0.15) is 0 Å². The molecule has 27 heavy (non-hydrogen) atoms. The molecule has 1 aliphatic rings. The number of fused-ring (bicyclic) bond motifs is 1. The Morgan fingerprint density at radius 2 is 1.70 bits per heavy atom. The van der Waals surface area contributed by atoms with E-state index in [0.29, 0.717) is 6.04 Å². The summed E-state index contributed by atoms with van der Waals surface area (Å²) in [5.41, 5.74) is 2.97. The van der Waals surface area contributed by atoms with Gasteiger partial charge < -0.3 is 4.90 Å². The molecule has 3 heteroatoms. The van der Waals surface area contributed by atoms with Crippen LogP contribution in [0, 0.1) is 12.7 Å². The Kier molecular flexibility index (Phi) is 5.11. The Hall–Kier alpha value is -2.42. The molecule has 0 bridgehead atoms. The third kappa shape index (κ3) is 3.55. The number of aryl methyl sites for hydroxylation is 1. The van der Waals surface area contributed by atoms with Crippen LogP contribution in [0.1, 0.15) is 56.2 Å². The lowest BCUT2D eigenvalue weighted by Crippen LogP contribution is -2.39. The lowest BCUT2D eigenvalue weighted by Gasteiger charge is -2.40. The number of benzene rings is 2. The number of nitrogens with zero attached hydrogens (tertiary/aromatic N) is 2. The third-order valence-electron chi connectivity index (χ3n) is 5.91. The Labute approximate surface area is 161 Å². The summed E-state index contributed by atoms with van der Waals surface area (Å²) in [5.74, 6) is 0.831. The summed E-state index contributed by atoms with van der Waals surface area (Å²) >= 11 is 0. The van der Waals surface area contributed by atoms with E-state index in [9.17, 15) is 4.39 Å². The highest BCUT2D eigenvalue weighted by atomic mass is 19.1. The molecule has 2 nitrogen and oxygen atoms in total. The van der Waals surface area contributed by atoms with Crippen LogP contribution in [0.5, 0.6) is 0 Å². The second-order valence-corrected chi connectivity index (χ2v) is 7.71. The first-order valence-electron chi connectivity index (χ1n) is 10.0. The van der Waals surface area contributed by atoms with Crippen molar-refractivity contribution < 1.29 is 4.39 Å². The van der Waals surface area contributed by atoms with Gasteiger partial charge in [0.05, 0.1) is 11.6 Å². The standard InChI is InChI=1S/C24H27FN2/c1-17-16-24(26-23-15-9-7-12-20(17)23)27(19-10-4-3-5-11-19)18(2)21-13-6-8-14-22(21)25/h6-9,12-16,18-19H,3-5,10-11H2,1-2H3/t18-/m0/s1. The lowest BCUT2D eigenvalue weighted by atomic mass is 9.92. The van der Waals surface area contributed by atoms with Gasteiger partial charge in [-0.25, -0.2) is 9.37 Å². The smallest absolute Gasteiger partial charge is 0.130 e. The van der Waals surface area contributed by atoms with Gasteiger partial charge in [0.2, 0.25) is 0 Å². The molecule has 2 aromatic carbocycles. The van der Waals surface area contributed by atoms with Crippen molar-refractivity contribution >= 4 is 16.7 Å². The summed E-state index contributed by atoms with van der Waals surface area (Å²) < 4.78 is 14.6. The first-order valence-corrected chi connectivity index (χ1v) is 10.0. The topological polar surface area (TPSA) is 16.1 Å². The highest BCUT2D eigenvalue weighted by Gasteiger charge is 2.29. The molecule has 1 heterocycles. The van der Waals surface area contributed by atoms with Gasteiger partial charge in [-0.1, -0.05) is 55.7 Å². The first-order chi connectivity index (χ1) is 13.1. The normalized spacial score (nSPS) is 16.4. The third-order valence-corrected chi connectivity index (χ3v) is 5.91. The molecule has 0 amide bonds. The molecule has 1 atom stereocenters. The molecule has 1 aliphatic carbocycles. The molecule has 0 N–H and O–H groups in total. The molecule has 140 valence electrons. The van der Waals surface area contributed by atoms with Crippen molar-refractivity contribution in [2.24, 2.45) is 0 Å². The summed E-state index contributed by atoms with van der Waals surface area (Å²) in [6, 6.07) is 17.9. The fourth-order valence-electron chi connectivity index (χ4n) is 4.49. The minimum atomic E-state index is -0.136. The number of hydrogen-bond donors (Lipinski definition) is 0. The minimum absolute atomic E-state index is 0.0534. The molecule has 1 aromatic heterocycles. The number of halogens is 1. The molecule has 1 saturated carbocycles. The van der Waals surface area contributed by atoms with Crippen LogP contribution in [0.25, 0.3) is 10.9 Å². The van der Waals surface area contributed by atoms with Crippen LogP contribution in [-0.2, 0) is 0 Å². The van der Waals surface area contributed by atoms with Crippen LogP contribution in [0.15, 0.2) is 54.6 Å². The van der Waals surface area contributed by atoms with Crippen LogP contribution in [0.2, 0.25) is 0 Å². The number of aromatic nitrogens is 1. The van der Waals surface area contributed by atoms with E-state index in [-0.39, 0.29) is 11.9 Å². The van der Waals surface area contributed by atoms with Crippen molar-refractivity contribution in [1.29, 1.82) is 0 Å². The van der Waals surface area contributed by atoms with Gasteiger partial charge in [-0.05, 0) is 50.5 Å². The van der Waals surface area contributed by atoms with Gasteiger partial charge in [0.25, 0.3) is 0 Å². The Morgan fingerprint density at radius 3 is 2.48 bits per heavy atom. The van der Waals surface area contributed by atoms with Crippen LogP contribution >= 0.6 is 0 Å². The summed E-state index contributed by atoms with van der Waals surface area (Å²) in [6.07, 6.45) is 6.05. The number of anilines is 1. The molecule has 3 aromatic rings. The minimum Gasteiger partial charge on any atom is -0.347 e. The van der Waals surface area contributed by atoms with Crippen LogP contribution in [-0.4, -0.2) is 11.0 Å². The number of pyridine rings is 1. The summed E-state index contributed by atoms with van der Waals surface area (Å²) in [5, 5.41) is 1.18. The second-order valence-electron chi connectivity index (χ2n) is 7.71. The van der Waals surface area contributed by atoms with E-state index in [1.54, 1.807) is 12.1 Å². The summed E-state index contributed by atoms with van der Waals surface area (Å²) in [6.45, 7) is 4.25. The molecule has 0 unspecified atom stereocenters. The van der Waals surface area contributed by atoms with E-state index in [4.69, 9.17) is 4.98 Å².